The van der Waals surface area contributed by atoms with E-state index in [1.165, 1.54) is 30.3 Å². The number of anilines is 1. The predicted octanol–water partition coefficient (Wildman–Crippen LogP) is 3.18. The molecule has 2 rings (SSSR count). The third-order valence-corrected chi connectivity index (χ3v) is 4.46. The van der Waals surface area contributed by atoms with E-state index in [2.05, 4.69) is 4.72 Å². The van der Waals surface area contributed by atoms with Gasteiger partial charge in [0.25, 0.3) is 10.0 Å². The van der Waals surface area contributed by atoms with Crippen molar-refractivity contribution in [3.8, 4) is 11.8 Å². The molecule has 0 aliphatic heterocycles. The second kappa shape index (κ2) is 6.64. The fourth-order valence-corrected chi connectivity index (χ4v) is 3.20. The van der Waals surface area contributed by atoms with Crippen molar-refractivity contribution in [2.45, 2.75) is 4.90 Å². The van der Waals surface area contributed by atoms with Gasteiger partial charge in [0.1, 0.15) is 22.5 Å². The van der Waals surface area contributed by atoms with E-state index < -0.39 is 15.8 Å². The van der Waals surface area contributed by atoms with E-state index in [1.807, 2.05) is 6.07 Å². The lowest BCUT2D eigenvalue weighted by atomic mass is 10.3. The summed E-state index contributed by atoms with van der Waals surface area (Å²) in [6.07, 6.45) is 0. The summed E-state index contributed by atoms with van der Waals surface area (Å²) >= 11 is 5.79. The molecule has 0 unspecified atom stereocenters. The molecule has 0 aliphatic rings. The van der Waals surface area contributed by atoms with Crippen molar-refractivity contribution in [2.24, 2.45) is 0 Å². The molecule has 0 amide bonds. The molecule has 0 aromatic heterocycles. The van der Waals surface area contributed by atoms with Crippen molar-refractivity contribution in [3.63, 3.8) is 0 Å². The molecule has 0 atom stereocenters. The lowest BCUT2D eigenvalue weighted by Gasteiger charge is -2.10. The average molecular weight is 341 g/mol. The van der Waals surface area contributed by atoms with Crippen LogP contribution in [-0.4, -0.2) is 15.0 Å². The number of sulfonamides is 1. The van der Waals surface area contributed by atoms with Gasteiger partial charge in [-0.25, -0.2) is 12.8 Å². The van der Waals surface area contributed by atoms with Crippen molar-refractivity contribution in [1.29, 1.82) is 5.26 Å². The standard InChI is InChI=1S/C14H10ClFN2O3S/c15-13-6-1-10(16)9-14(13)22(19,20)18-11-2-4-12(5-3-11)21-8-7-17/h1-6,9,18H,8H2. The Morgan fingerprint density at radius 2 is 1.91 bits per heavy atom. The highest BCUT2D eigenvalue weighted by molar-refractivity contribution is 7.92. The summed E-state index contributed by atoms with van der Waals surface area (Å²) in [5, 5.41) is 8.32. The molecule has 114 valence electrons. The third-order valence-electron chi connectivity index (χ3n) is 2.59. The average Bonchev–Trinajstić information content (AvgIpc) is 2.48. The number of benzene rings is 2. The molecule has 8 heteroatoms. The van der Waals surface area contributed by atoms with Gasteiger partial charge in [0.2, 0.25) is 0 Å². The first-order chi connectivity index (χ1) is 10.4. The molecule has 0 saturated carbocycles. The lowest BCUT2D eigenvalue weighted by Crippen LogP contribution is -2.13. The Hall–Kier alpha value is -2.30. The van der Waals surface area contributed by atoms with Crippen LogP contribution in [0.25, 0.3) is 0 Å². The monoisotopic (exact) mass is 340 g/mol. The first kappa shape index (κ1) is 16.1. The number of rotatable bonds is 5. The summed E-state index contributed by atoms with van der Waals surface area (Å²) in [4.78, 5) is -0.348. The molecular formula is C14H10ClFN2O3S. The maximum atomic E-state index is 13.2. The van der Waals surface area contributed by atoms with E-state index >= 15 is 0 Å². The van der Waals surface area contributed by atoms with Crippen molar-refractivity contribution >= 4 is 27.3 Å². The Balaban J connectivity index is 2.22. The minimum absolute atomic E-state index is 0.0807. The highest BCUT2D eigenvalue weighted by Gasteiger charge is 2.19. The second-order valence-electron chi connectivity index (χ2n) is 4.15. The Bertz CT molecular complexity index is 817. The fraction of sp³-hybridized carbons (Fsp3) is 0.0714. The van der Waals surface area contributed by atoms with Gasteiger partial charge in [-0.2, -0.15) is 5.26 Å². The highest BCUT2D eigenvalue weighted by atomic mass is 35.5. The molecular weight excluding hydrogens is 331 g/mol. The molecule has 0 radical (unpaired) electrons. The number of nitrogens with zero attached hydrogens (tertiary/aromatic N) is 1. The van der Waals surface area contributed by atoms with Crippen LogP contribution in [0.5, 0.6) is 5.75 Å². The van der Waals surface area contributed by atoms with Gasteiger partial charge in [-0.1, -0.05) is 11.6 Å². The summed E-state index contributed by atoms with van der Waals surface area (Å²) in [5.74, 6) is -0.279. The zero-order valence-corrected chi connectivity index (χ0v) is 12.7. The van der Waals surface area contributed by atoms with E-state index in [4.69, 9.17) is 21.6 Å². The summed E-state index contributed by atoms with van der Waals surface area (Å²) in [6.45, 7) is -0.107. The zero-order chi connectivity index (χ0) is 16.2. The second-order valence-corrected chi connectivity index (χ2v) is 6.21. The normalized spacial score (nSPS) is 10.8. The van der Waals surface area contributed by atoms with Crippen molar-refractivity contribution in [3.05, 3.63) is 53.3 Å². The van der Waals surface area contributed by atoms with Crippen LogP contribution in [0.15, 0.2) is 47.4 Å². The molecule has 0 heterocycles. The molecule has 0 spiro atoms. The van der Waals surface area contributed by atoms with Crippen LogP contribution in [0.1, 0.15) is 0 Å². The Kier molecular flexibility index (Phi) is 4.85. The smallest absolute Gasteiger partial charge is 0.263 e. The van der Waals surface area contributed by atoms with Gasteiger partial charge in [-0.05, 0) is 42.5 Å². The summed E-state index contributed by atoms with van der Waals surface area (Å²) in [7, 11) is -4.01. The van der Waals surface area contributed by atoms with E-state index in [9.17, 15) is 12.8 Å². The van der Waals surface area contributed by atoms with Gasteiger partial charge < -0.3 is 4.74 Å². The van der Waals surface area contributed by atoms with Crippen LogP contribution >= 0.6 is 11.6 Å². The van der Waals surface area contributed by atoms with E-state index in [-0.39, 0.29) is 22.2 Å². The van der Waals surface area contributed by atoms with Crippen LogP contribution in [0.2, 0.25) is 5.02 Å². The summed E-state index contributed by atoms with van der Waals surface area (Å²) < 4.78 is 44.9. The van der Waals surface area contributed by atoms with E-state index in [0.717, 1.165) is 12.1 Å². The van der Waals surface area contributed by atoms with Crippen molar-refractivity contribution in [2.75, 3.05) is 11.3 Å². The van der Waals surface area contributed by atoms with Gasteiger partial charge in [-0.15, -0.1) is 0 Å². The topological polar surface area (TPSA) is 79.2 Å². The van der Waals surface area contributed by atoms with Crippen LogP contribution in [0, 0.1) is 17.1 Å². The Labute approximate surface area is 132 Å². The first-order valence-corrected chi connectivity index (χ1v) is 7.86. The Morgan fingerprint density at radius 3 is 2.55 bits per heavy atom. The maximum Gasteiger partial charge on any atom is 0.263 e. The predicted molar refractivity (Wildman–Crippen MR) is 79.8 cm³/mol. The number of hydrogen-bond acceptors (Lipinski definition) is 4. The third kappa shape index (κ3) is 3.87. The molecule has 0 aliphatic carbocycles. The molecule has 2 aromatic rings. The van der Waals surface area contributed by atoms with E-state index in [1.54, 1.807) is 0 Å². The van der Waals surface area contributed by atoms with Crippen molar-refractivity contribution < 1.29 is 17.5 Å². The van der Waals surface area contributed by atoms with Crippen molar-refractivity contribution in [1.82, 2.24) is 0 Å². The first-order valence-electron chi connectivity index (χ1n) is 6.00. The highest BCUT2D eigenvalue weighted by Crippen LogP contribution is 2.25. The fourth-order valence-electron chi connectivity index (χ4n) is 1.63. The van der Waals surface area contributed by atoms with Gasteiger partial charge in [0.05, 0.1) is 5.02 Å². The van der Waals surface area contributed by atoms with Crippen LogP contribution < -0.4 is 9.46 Å². The number of nitriles is 1. The van der Waals surface area contributed by atoms with Gasteiger partial charge in [0, 0.05) is 5.69 Å². The largest absolute Gasteiger partial charge is 0.479 e. The molecule has 1 N–H and O–H groups in total. The quantitative estimate of drug-likeness (QED) is 0.906. The molecule has 2 aromatic carbocycles. The molecule has 0 bridgehead atoms. The Morgan fingerprint density at radius 1 is 1.23 bits per heavy atom. The molecule has 0 fully saturated rings. The summed E-state index contributed by atoms with van der Waals surface area (Å²) in [6, 6.07) is 10.8. The van der Waals surface area contributed by atoms with Gasteiger partial charge in [-0.3, -0.25) is 4.72 Å². The van der Waals surface area contributed by atoms with E-state index in [0.29, 0.717) is 5.75 Å². The molecule has 5 nitrogen and oxygen atoms in total. The van der Waals surface area contributed by atoms with Crippen LogP contribution in [0.3, 0.4) is 0 Å². The number of ether oxygens (including phenoxy) is 1. The van der Waals surface area contributed by atoms with Gasteiger partial charge >= 0.3 is 0 Å². The van der Waals surface area contributed by atoms with Gasteiger partial charge in [0.15, 0.2) is 6.61 Å². The molecule has 0 saturated heterocycles. The minimum atomic E-state index is -4.01. The SMILES string of the molecule is N#CCOc1ccc(NS(=O)(=O)c2cc(F)ccc2Cl)cc1. The zero-order valence-electron chi connectivity index (χ0n) is 11.1. The number of hydrogen-bond donors (Lipinski definition) is 1. The minimum Gasteiger partial charge on any atom is -0.479 e. The summed E-state index contributed by atoms with van der Waals surface area (Å²) in [5.41, 5.74) is 0.254. The lowest BCUT2D eigenvalue weighted by molar-refractivity contribution is 0.368. The van der Waals surface area contributed by atoms with Crippen LogP contribution in [0.4, 0.5) is 10.1 Å². The number of halogens is 2. The maximum absolute atomic E-state index is 13.2. The number of nitrogens with one attached hydrogen (secondary N) is 1. The molecule has 22 heavy (non-hydrogen) atoms. The van der Waals surface area contributed by atoms with Crippen LogP contribution in [-0.2, 0) is 10.0 Å².